The van der Waals surface area contributed by atoms with Crippen molar-refractivity contribution in [1.29, 1.82) is 0 Å². The predicted octanol–water partition coefficient (Wildman–Crippen LogP) is 3.20. The minimum Gasteiger partial charge on any atom is -0.493 e. The van der Waals surface area contributed by atoms with Crippen LogP contribution in [-0.2, 0) is 17.8 Å². The maximum absolute atomic E-state index is 13.2. The van der Waals surface area contributed by atoms with Gasteiger partial charge in [0.05, 0.1) is 26.5 Å². The van der Waals surface area contributed by atoms with Crippen LogP contribution in [0.25, 0.3) is 0 Å². The van der Waals surface area contributed by atoms with Crippen molar-refractivity contribution in [2.24, 2.45) is 0 Å². The Hall–Kier alpha value is -2.60. The third-order valence-electron chi connectivity index (χ3n) is 5.44. The van der Waals surface area contributed by atoms with Crippen molar-refractivity contribution in [1.82, 2.24) is 15.2 Å². The first kappa shape index (κ1) is 21.1. The Bertz CT molecular complexity index is 774. The summed E-state index contributed by atoms with van der Waals surface area (Å²) in [4.78, 5) is 19.7. The summed E-state index contributed by atoms with van der Waals surface area (Å²) in [7, 11) is 3.25. The van der Waals surface area contributed by atoms with Crippen LogP contribution in [0.5, 0.6) is 11.5 Å². The van der Waals surface area contributed by atoms with Gasteiger partial charge in [0, 0.05) is 18.7 Å². The number of aromatic nitrogens is 1. The lowest BCUT2D eigenvalue weighted by molar-refractivity contribution is -0.134. The maximum atomic E-state index is 13.2. The van der Waals surface area contributed by atoms with Crippen LogP contribution in [0.2, 0.25) is 0 Å². The molecular weight excluding hydrogens is 366 g/mol. The van der Waals surface area contributed by atoms with E-state index in [1.54, 1.807) is 20.4 Å². The Morgan fingerprint density at radius 1 is 1.14 bits per heavy atom. The van der Waals surface area contributed by atoms with E-state index in [0.717, 1.165) is 43.6 Å². The molecule has 1 unspecified atom stereocenters. The van der Waals surface area contributed by atoms with E-state index in [9.17, 15) is 4.79 Å². The monoisotopic (exact) mass is 397 g/mol. The van der Waals surface area contributed by atoms with Gasteiger partial charge in [-0.05, 0) is 68.6 Å². The Morgan fingerprint density at radius 3 is 2.76 bits per heavy atom. The second-order valence-corrected chi connectivity index (χ2v) is 7.37. The molecule has 1 aromatic heterocycles. The average molecular weight is 398 g/mol. The van der Waals surface area contributed by atoms with Gasteiger partial charge in [0.1, 0.15) is 0 Å². The van der Waals surface area contributed by atoms with Crippen LogP contribution in [0, 0.1) is 0 Å². The summed E-state index contributed by atoms with van der Waals surface area (Å²) in [6.07, 6.45) is 6.02. The highest BCUT2D eigenvalue weighted by molar-refractivity contribution is 5.76. The number of hydrogen-bond donors (Lipinski definition) is 1. The van der Waals surface area contributed by atoms with Crippen LogP contribution >= 0.6 is 0 Å². The fourth-order valence-corrected chi connectivity index (χ4v) is 3.83. The number of aryl methyl sites for hydroxylation is 1. The van der Waals surface area contributed by atoms with E-state index < -0.39 is 0 Å². The Morgan fingerprint density at radius 2 is 2.00 bits per heavy atom. The summed E-state index contributed by atoms with van der Waals surface area (Å²) in [5, 5.41) is 3.44. The Labute approximate surface area is 173 Å². The molecule has 1 saturated heterocycles. The van der Waals surface area contributed by atoms with Gasteiger partial charge in [0.2, 0.25) is 5.91 Å². The lowest BCUT2D eigenvalue weighted by Gasteiger charge is -2.31. The number of carbonyl (C=O) groups is 1. The van der Waals surface area contributed by atoms with Gasteiger partial charge < -0.3 is 19.7 Å². The largest absolute Gasteiger partial charge is 0.493 e. The van der Waals surface area contributed by atoms with Crippen molar-refractivity contribution < 1.29 is 14.3 Å². The summed E-state index contributed by atoms with van der Waals surface area (Å²) in [6, 6.07) is 12.0. The molecule has 1 fully saturated rings. The Kier molecular flexibility index (Phi) is 7.87. The molecule has 1 N–H and O–H groups in total. The SMILES string of the molecule is COc1ccc(CCC(=O)N(Cc2ccccn2)C2CCCNCC2)cc1OC. The van der Waals surface area contributed by atoms with Gasteiger partial charge in [-0.3, -0.25) is 9.78 Å². The van der Waals surface area contributed by atoms with Crippen LogP contribution in [0.1, 0.15) is 36.9 Å². The van der Waals surface area contributed by atoms with E-state index in [2.05, 4.69) is 10.3 Å². The molecule has 6 nitrogen and oxygen atoms in total. The first-order chi connectivity index (χ1) is 14.2. The summed E-state index contributed by atoms with van der Waals surface area (Å²) in [5.41, 5.74) is 2.00. The average Bonchev–Trinajstić information content (AvgIpc) is 3.05. The van der Waals surface area contributed by atoms with Gasteiger partial charge in [-0.2, -0.15) is 0 Å². The van der Waals surface area contributed by atoms with Gasteiger partial charge >= 0.3 is 0 Å². The molecule has 156 valence electrons. The number of nitrogens with zero attached hydrogens (tertiary/aromatic N) is 2. The molecule has 3 rings (SSSR count). The second-order valence-electron chi connectivity index (χ2n) is 7.37. The van der Waals surface area contributed by atoms with Crippen molar-refractivity contribution in [3.8, 4) is 11.5 Å². The molecule has 0 aliphatic carbocycles. The molecule has 1 aromatic carbocycles. The number of ether oxygens (including phenoxy) is 2. The molecule has 0 spiro atoms. The van der Waals surface area contributed by atoms with Gasteiger partial charge in [0.15, 0.2) is 11.5 Å². The van der Waals surface area contributed by atoms with E-state index in [0.29, 0.717) is 30.9 Å². The first-order valence-corrected chi connectivity index (χ1v) is 10.3. The molecule has 2 aromatic rings. The lowest BCUT2D eigenvalue weighted by atomic mass is 10.0. The molecule has 0 saturated carbocycles. The highest BCUT2D eigenvalue weighted by Crippen LogP contribution is 2.28. The molecule has 1 aliphatic heterocycles. The molecule has 1 atom stereocenters. The van der Waals surface area contributed by atoms with Crippen LogP contribution in [0.15, 0.2) is 42.6 Å². The molecular formula is C23H31N3O3. The molecule has 29 heavy (non-hydrogen) atoms. The minimum absolute atomic E-state index is 0.178. The van der Waals surface area contributed by atoms with Crippen molar-refractivity contribution >= 4 is 5.91 Å². The third-order valence-corrected chi connectivity index (χ3v) is 5.44. The van der Waals surface area contributed by atoms with E-state index in [-0.39, 0.29) is 11.9 Å². The molecule has 0 radical (unpaired) electrons. The van der Waals surface area contributed by atoms with Crippen molar-refractivity contribution in [2.45, 2.75) is 44.7 Å². The predicted molar refractivity (Wildman–Crippen MR) is 113 cm³/mol. The highest BCUT2D eigenvalue weighted by atomic mass is 16.5. The van der Waals surface area contributed by atoms with Gasteiger partial charge in [-0.15, -0.1) is 0 Å². The zero-order valence-corrected chi connectivity index (χ0v) is 17.4. The van der Waals surface area contributed by atoms with Gasteiger partial charge in [-0.25, -0.2) is 0 Å². The van der Waals surface area contributed by atoms with Crippen LogP contribution < -0.4 is 14.8 Å². The number of carbonyl (C=O) groups excluding carboxylic acids is 1. The van der Waals surface area contributed by atoms with Crippen molar-refractivity contribution in [3.05, 3.63) is 53.9 Å². The normalized spacial score (nSPS) is 16.7. The van der Waals surface area contributed by atoms with E-state index in [1.807, 2.05) is 41.3 Å². The standard InChI is InChI=1S/C23H31N3O3/c1-28-21-10-8-18(16-22(21)29-2)9-11-23(27)26(17-19-6-3-4-14-25-19)20-7-5-13-24-15-12-20/h3-4,6,8,10,14,16,20,24H,5,7,9,11-13,15,17H2,1-2H3. The molecule has 2 heterocycles. The molecule has 6 heteroatoms. The third kappa shape index (κ3) is 5.94. The van der Waals surface area contributed by atoms with Crippen molar-refractivity contribution in [2.75, 3.05) is 27.3 Å². The second kappa shape index (κ2) is 10.8. The molecule has 1 amide bonds. The zero-order chi connectivity index (χ0) is 20.5. The smallest absolute Gasteiger partial charge is 0.223 e. The summed E-state index contributed by atoms with van der Waals surface area (Å²) < 4.78 is 10.7. The number of nitrogens with one attached hydrogen (secondary N) is 1. The molecule has 0 bridgehead atoms. The maximum Gasteiger partial charge on any atom is 0.223 e. The van der Waals surface area contributed by atoms with Crippen LogP contribution in [0.4, 0.5) is 0 Å². The van der Waals surface area contributed by atoms with E-state index in [1.165, 1.54) is 0 Å². The number of amides is 1. The summed E-state index contributed by atoms with van der Waals surface area (Å²) >= 11 is 0. The number of methoxy groups -OCH3 is 2. The van der Waals surface area contributed by atoms with Crippen LogP contribution in [0.3, 0.4) is 0 Å². The van der Waals surface area contributed by atoms with Gasteiger partial charge in [-0.1, -0.05) is 12.1 Å². The highest BCUT2D eigenvalue weighted by Gasteiger charge is 2.25. The van der Waals surface area contributed by atoms with E-state index in [4.69, 9.17) is 9.47 Å². The fraction of sp³-hybridized carbons (Fsp3) is 0.478. The van der Waals surface area contributed by atoms with Crippen LogP contribution in [-0.4, -0.2) is 49.1 Å². The number of benzene rings is 1. The quantitative estimate of drug-likeness (QED) is 0.741. The number of hydrogen-bond acceptors (Lipinski definition) is 5. The lowest BCUT2D eigenvalue weighted by Crippen LogP contribution is -2.40. The van der Waals surface area contributed by atoms with Gasteiger partial charge in [0.25, 0.3) is 0 Å². The number of pyridine rings is 1. The summed E-state index contributed by atoms with van der Waals surface area (Å²) in [6.45, 7) is 2.54. The minimum atomic E-state index is 0.178. The van der Waals surface area contributed by atoms with E-state index >= 15 is 0 Å². The summed E-state index contributed by atoms with van der Waals surface area (Å²) in [5.74, 6) is 1.57. The topological polar surface area (TPSA) is 63.7 Å². The fourth-order valence-electron chi connectivity index (χ4n) is 3.83. The first-order valence-electron chi connectivity index (χ1n) is 10.3. The number of rotatable bonds is 8. The zero-order valence-electron chi connectivity index (χ0n) is 17.4. The Balaban J connectivity index is 1.70. The molecule has 1 aliphatic rings. The van der Waals surface area contributed by atoms with Crippen molar-refractivity contribution in [3.63, 3.8) is 0 Å².